The zero-order chi connectivity index (χ0) is 33.2. The standard InChI is InChI=1S/C24H27FN8O10P2S2/c1-37-18-14-6-39-44(35,46)42-17-13(40-23(15(17)25)33-8-30-12-4-10(26)2-3-11(12)22(33)34)5-38-45(36,47)43-19(18)24(41-14)32-9-31-16-20(27)28-7-29-21(16)32/h2-4,7-9,13-15,17-19,23-24H,5-6,26H2,1H3,(H,35,46)(H,36,47)(H2,27,28,29)/t13-,14-,15-,17-,18-,19-,23-,24-,44?,45?/m1/s1. The molecule has 0 amide bonds. The molecule has 18 nitrogen and oxygen atoms in total. The quantitative estimate of drug-likeness (QED) is 0.168. The Bertz CT molecular complexity index is 2010. The van der Waals surface area contributed by atoms with Gasteiger partial charge >= 0.3 is 13.4 Å². The molecule has 23 heteroatoms. The summed E-state index contributed by atoms with van der Waals surface area (Å²) in [4.78, 5) is 52.2. The number of methoxy groups -OCH3 is 1. The fourth-order valence-corrected chi connectivity index (χ4v) is 8.58. The van der Waals surface area contributed by atoms with Crippen LogP contribution in [0.1, 0.15) is 12.5 Å². The first-order chi connectivity index (χ1) is 22.4. The van der Waals surface area contributed by atoms with E-state index in [0.29, 0.717) is 11.2 Å². The van der Waals surface area contributed by atoms with Crippen LogP contribution < -0.4 is 17.0 Å². The number of nitrogens with two attached hydrogens (primary N) is 2. The lowest BCUT2D eigenvalue weighted by atomic mass is 10.1. The average molecular weight is 733 g/mol. The van der Waals surface area contributed by atoms with Crippen LogP contribution >= 0.6 is 13.4 Å². The van der Waals surface area contributed by atoms with Crippen molar-refractivity contribution in [3.8, 4) is 0 Å². The van der Waals surface area contributed by atoms with E-state index < -0.39 is 81.4 Å². The van der Waals surface area contributed by atoms with E-state index in [2.05, 4.69) is 19.9 Å². The molecule has 7 rings (SSSR count). The van der Waals surface area contributed by atoms with Crippen LogP contribution in [0.2, 0.25) is 0 Å². The van der Waals surface area contributed by atoms with E-state index in [1.54, 1.807) is 0 Å². The molecule has 0 saturated carbocycles. The second-order valence-corrected chi connectivity index (χ2v) is 16.3. The molecule has 4 aromatic rings. The molecule has 2 bridgehead atoms. The van der Waals surface area contributed by atoms with Gasteiger partial charge in [-0.3, -0.25) is 23.0 Å². The minimum absolute atomic E-state index is 0.116. The van der Waals surface area contributed by atoms with Gasteiger partial charge in [-0.25, -0.2) is 24.3 Å². The Labute approximate surface area is 274 Å². The van der Waals surface area contributed by atoms with Crippen molar-refractivity contribution >= 4 is 70.6 Å². The Morgan fingerprint density at radius 1 is 0.957 bits per heavy atom. The van der Waals surface area contributed by atoms with E-state index in [1.807, 2.05) is 0 Å². The zero-order valence-corrected chi connectivity index (χ0v) is 27.5. The molecule has 3 aromatic heterocycles. The van der Waals surface area contributed by atoms with Crippen molar-refractivity contribution < 1.29 is 46.5 Å². The van der Waals surface area contributed by atoms with Gasteiger partial charge in [-0.05, 0) is 41.8 Å². The highest BCUT2D eigenvalue weighted by atomic mass is 32.5. The van der Waals surface area contributed by atoms with Crippen molar-refractivity contribution in [1.29, 1.82) is 0 Å². The molecule has 3 aliphatic rings. The van der Waals surface area contributed by atoms with Crippen LogP contribution in [0.3, 0.4) is 0 Å². The first kappa shape index (κ1) is 32.9. The summed E-state index contributed by atoms with van der Waals surface area (Å²) in [6, 6.07) is 4.46. The monoisotopic (exact) mass is 732 g/mol. The van der Waals surface area contributed by atoms with Gasteiger partial charge in [0.1, 0.15) is 48.7 Å². The van der Waals surface area contributed by atoms with Gasteiger partial charge in [-0.15, -0.1) is 0 Å². The van der Waals surface area contributed by atoms with Crippen LogP contribution in [0.5, 0.6) is 0 Å². The largest absolute Gasteiger partial charge is 0.399 e. The summed E-state index contributed by atoms with van der Waals surface area (Å²) in [7, 11) is 1.36. The molecule has 3 fully saturated rings. The van der Waals surface area contributed by atoms with Crippen LogP contribution in [0.4, 0.5) is 15.9 Å². The van der Waals surface area contributed by atoms with Crippen molar-refractivity contribution in [2.45, 2.75) is 49.1 Å². The smallest absolute Gasteiger partial charge is 0.325 e. The van der Waals surface area contributed by atoms with Crippen molar-refractivity contribution in [1.82, 2.24) is 29.1 Å². The molecule has 0 spiro atoms. The molecule has 0 radical (unpaired) electrons. The lowest BCUT2D eigenvalue weighted by molar-refractivity contribution is -0.0615. The summed E-state index contributed by atoms with van der Waals surface area (Å²) in [6.07, 6.45) is -7.17. The van der Waals surface area contributed by atoms with E-state index in [1.165, 1.54) is 42.5 Å². The first-order valence-electron chi connectivity index (χ1n) is 13.8. The lowest BCUT2D eigenvalue weighted by Crippen LogP contribution is -2.37. The Morgan fingerprint density at radius 3 is 2.38 bits per heavy atom. The van der Waals surface area contributed by atoms with E-state index >= 15 is 4.39 Å². The molecule has 10 atom stereocenters. The molecule has 6 N–H and O–H groups in total. The fraction of sp³-hybridized carbons (Fsp3) is 0.458. The number of halogens is 1. The second kappa shape index (κ2) is 12.4. The van der Waals surface area contributed by atoms with Crippen LogP contribution in [-0.2, 0) is 55.9 Å². The number of fused-ring (bicyclic) bond motifs is 5. The van der Waals surface area contributed by atoms with E-state index in [-0.39, 0.29) is 22.4 Å². The summed E-state index contributed by atoms with van der Waals surface area (Å²) in [5, 5.41) is 0.157. The van der Waals surface area contributed by atoms with Crippen LogP contribution in [0.15, 0.2) is 42.0 Å². The maximum Gasteiger partial charge on any atom is 0.325 e. The van der Waals surface area contributed by atoms with Gasteiger partial charge in [-0.2, -0.15) is 0 Å². The maximum absolute atomic E-state index is 16.1. The number of anilines is 2. The normalized spacial score (nSPS) is 36.5. The summed E-state index contributed by atoms with van der Waals surface area (Å²) < 4.78 is 59.1. The predicted octanol–water partition coefficient (Wildman–Crippen LogP) is 0.799. The number of hydrogen-bond acceptors (Lipinski definition) is 16. The van der Waals surface area contributed by atoms with Gasteiger partial charge in [0.2, 0.25) is 0 Å². The van der Waals surface area contributed by atoms with Crippen molar-refractivity contribution in [2.24, 2.45) is 0 Å². The van der Waals surface area contributed by atoms with Gasteiger partial charge in [0, 0.05) is 12.8 Å². The molecule has 47 heavy (non-hydrogen) atoms. The minimum atomic E-state index is -4.23. The number of nitrogen functional groups attached to an aromatic ring is 2. The molecule has 0 aliphatic carbocycles. The molecule has 3 aliphatic heterocycles. The first-order valence-corrected chi connectivity index (χ1v) is 19.0. The maximum atomic E-state index is 16.1. The van der Waals surface area contributed by atoms with E-state index in [4.69, 9.17) is 67.4 Å². The van der Waals surface area contributed by atoms with Crippen molar-refractivity contribution in [2.75, 3.05) is 31.8 Å². The highest BCUT2D eigenvalue weighted by Gasteiger charge is 2.53. The van der Waals surface area contributed by atoms with Crippen LogP contribution in [-0.4, -0.2) is 95.9 Å². The summed E-state index contributed by atoms with van der Waals surface area (Å²) >= 11 is 10.6. The third-order valence-electron chi connectivity index (χ3n) is 7.88. The molecule has 2 unspecified atom stereocenters. The Balaban J connectivity index is 1.21. The fourth-order valence-electron chi connectivity index (χ4n) is 5.74. The van der Waals surface area contributed by atoms with Crippen molar-refractivity contribution in [3.05, 3.63) is 47.5 Å². The SMILES string of the molecule is CO[C@H]1[C@H]2OP(O)(=S)OC[C@H]3O[C@@H](n4cnc5cc(N)ccc5c4=O)[C@H](F)[C@@H]3OP(O)(=S)OC[C@H]1O[C@H]2n1cnc2c(N)ncnc21. The van der Waals surface area contributed by atoms with Crippen molar-refractivity contribution in [3.63, 3.8) is 0 Å². The Morgan fingerprint density at radius 2 is 1.64 bits per heavy atom. The number of alkyl halides is 1. The molecule has 3 saturated heterocycles. The summed E-state index contributed by atoms with van der Waals surface area (Å²) in [6.45, 7) is -9.44. The molecule has 1 aromatic carbocycles. The number of aromatic nitrogens is 6. The Kier molecular flexibility index (Phi) is 8.66. The molecular formula is C24H27FN8O10P2S2. The number of nitrogens with zero attached hydrogens (tertiary/aromatic N) is 6. The lowest BCUT2D eigenvalue weighted by Gasteiger charge is -2.28. The van der Waals surface area contributed by atoms with Crippen LogP contribution in [0, 0.1) is 0 Å². The highest BCUT2D eigenvalue weighted by molar-refractivity contribution is 8.07. The summed E-state index contributed by atoms with van der Waals surface area (Å²) in [5.41, 5.74) is 12.4. The van der Waals surface area contributed by atoms with Gasteiger partial charge in [0.15, 0.2) is 30.1 Å². The van der Waals surface area contributed by atoms with Gasteiger partial charge in [-0.1, -0.05) is 0 Å². The Hall–Kier alpha value is -2.62. The highest BCUT2D eigenvalue weighted by Crippen LogP contribution is 2.54. The molecule has 6 heterocycles. The third-order valence-corrected chi connectivity index (χ3v) is 11.0. The van der Waals surface area contributed by atoms with E-state index in [9.17, 15) is 14.6 Å². The zero-order valence-electron chi connectivity index (χ0n) is 24.1. The summed E-state index contributed by atoms with van der Waals surface area (Å²) in [5.74, 6) is 0.116. The molecule has 252 valence electrons. The van der Waals surface area contributed by atoms with Gasteiger partial charge < -0.3 is 44.5 Å². The minimum Gasteiger partial charge on any atom is -0.399 e. The predicted molar refractivity (Wildman–Crippen MR) is 168 cm³/mol. The average Bonchev–Trinajstić information content (AvgIpc) is 3.69. The molecular weight excluding hydrogens is 705 g/mol. The number of benzene rings is 1. The van der Waals surface area contributed by atoms with E-state index in [0.717, 1.165) is 10.9 Å². The number of imidazole rings is 1. The number of rotatable bonds is 3. The number of hydrogen-bond donors (Lipinski definition) is 4. The second-order valence-electron chi connectivity index (χ2n) is 10.8. The third kappa shape index (κ3) is 6.10. The van der Waals surface area contributed by atoms with Crippen LogP contribution in [0.25, 0.3) is 22.1 Å². The topological polar surface area (TPSA) is 236 Å². The number of ether oxygens (including phenoxy) is 3. The van der Waals surface area contributed by atoms with Gasteiger partial charge in [0.05, 0.1) is 30.4 Å². The van der Waals surface area contributed by atoms with Gasteiger partial charge in [0.25, 0.3) is 5.56 Å².